The molecule has 1 aromatic heterocycles. The zero-order valence-electron chi connectivity index (χ0n) is 10.6. The van der Waals surface area contributed by atoms with E-state index >= 15 is 0 Å². The quantitative estimate of drug-likeness (QED) is 0.814. The molecule has 2 heterocycles. The predicted octanol–water partition coefficient (Wildman–Crippen LogP) is 2.80. The van der Waals surface area contributed by atoms with Crippen LogP contribution in [0.25, 0.3) is 0 Å². The van der Waals surface area contributed by atoms with Crippen LogP contribution in [0.3, 0.4) is 0 Å². The van der Waals surface area contributed by atoms with Crippen LogP contribution < -0.4 is 5.32 Å². The highest BCUT2D eigenvalue weighted by Crippen LogP contribution is 2.18. The van der Waals surface area contributed by atoms with Crippen molar-refractivity contribution in [1.29, 1.82) is 0 Å². The Kier molecular flexibility index (Phi) is 4.99. The van der Waals surface area contributed by atoms with Gasteiger partial charge < -0.3 is 15.2 Å². The van der Waals surface area contributed by atoms with Crippen molar-refractivity contribution in [2.24, 2.45) is 0 Å². The van der Waals surface area contributed by atoms with E-state index in [1.54, 1.807) is 0 Å². The monoisotopic (exact) mass is 284 g/mol. The van der Waals surface area contributed by atoms with Crippen molar-refractivity contribution >= 4 is 23.4 Å². The molecule has 0 spiro atoms. The molecule has 0 radical (unpaired) electrons. The van der Waals surface area contributed by atoms with Crippen LogP contribution in [-0.4, -0.2) is 35.3 Å². The number of nitrogens with zero attached hydrogens (tertiary/aromatic N) is 1. The zero-order chi connectivity index (χ0) is 13.7. The number of pyridine rings is 1. The number of anilines is 1. The fourth-order valence-electron chi connectivity index (χ4n) is 2.13. The third-order valence-corrected chi connectivity index (χ3v) is 3.33. The Bertz CT molecular complexity index is 448. The van der Waals surface area contributed by atoms with Crippen molar-refractivity contribution in [3.63, 3.8) is 0 Å². The number of carbonyl (C=O) groups is 1. The second kappa shape index (κ2) is 6.73. The molecule has 1 unspecified atom stereocenters. The van der Waals surface area contributed by atoms with Gasteiger partial charge in [0.05, 0.1) is 6.10 Å². The number of hydrogen-bond donors (Lipinski definition) is 2. The lowest BCUT2D eigenvalue weighted by atomic mass is 10.1. The Morgan fingerprint density at radius 1 is 1.53 bits per heavy atom. The van der Waals surface area contributed by atoms with Crippen LogP contribution in [0.5, 0.6) is 0 Å². The Morgan fingerprint density at radius 2 is 2.37 bits per heavy atom. The average Bonchev–Trinajstić information content (AvgIpc) is 2.39. The number of ether oxygens (including phenoxy) is 1. The first-order valence-electron chi connectivity index (χ1n) is 6.42. The van der Waals surface area contributed by atoms with Gasteiger partial charge in [0, 0.05) is 13.2 Å². The van der Waals surface area contributed by atoms with Gasteiger partial charge in [-0.1, -0.05) is 11.6 Å². The maximum absolute atomic E-state index is 11.1. The molecule has 2 N–H and O–H groups in total. The third kappa shape index (κ3) is 4.08. The second-order valence-electron chi connectivity index (χ2n) is 4.54. The summed E-state index contributed by atoms with van der Waals surface area (Å²) in [5, 5.41) is 12.4. The number of carboxylic acids is 1. The van der Waals surface area contributed by atoms with Gasteiger partial charge in [0.2, 0.25) is 0 Å². The van der Waals surface area contributed by atoms with Gasteiger partial charge in [-0.25, -0.2) is 9.78 Å². The van der Waals surface area contributed by atoms with Gasteiger partial charge in [-0.15, -0.1) is 0 Å². The van der Waals surface area contributed by atoms with Crippen LogP contribution in [0, 0.1) is 0 Å². The van der Waals surface area contributed by atoms with Crippen LogP contribution in [0.4, 0.5) is 5.82 Å². The lowest BCUT2D eigenvalue weighted by Gasteiger charge is -2.22. The minimum Gasteiger partial charge on any atom is -0.478 e. The van der Waals surface area contributed by atoms with Crippen molar-refractivity contribution in [2.45, 2.75) is 31.8 Å². The van der Waals surface area contributed by atoms with Gasteiger partial charge in [0.25, 0.3) is 0 Å². The van der Waals surface area contributed by atoms with Gasteiger partial charge >= 0.3 is 5.97 Å². The number of aromatic nitrogens is 1. The van der Waals surface area contributed by atoms with Crippen molar-refractivity contribution < 1.29 is 14.6 Å². The molecule has 0 saturated carbocycles. The van der Waals surface area contributed by atoms with Gasteiger partial charge in [-0.05, 0) is 37.8 Å². The highest BCUT2D eigenvalue weighted by molar-refractivity contribution is 6.29. The highest BCUT2D eigenvalue weighted by Gasteiger charge is 2.15. The summed E-state index contributed by atoms with van der Waals surface area (Å²) in [7, 11) is 0. The second-order valence-corrected chi connectivity index (χ2v) is 4.93. The number of carboxylic acid groups (broad SMARTS) is 1. The van der Waals surface area contributed by atoms with Crippen molar-refractivity contribution in [3.05, 3.63) is 22.8 Å². The fourth-order valence-corrected chi connectivity index (χ4v) is 2.28. The first kappa shape index (κ1) is 14.1. The molecule has 2 rings (SSSR count). The minimum atomic E-state index is -1.01. The minimum absolute atomic E-state index is 0.133. The number of rotatable bonds is 5. The summed E-state index contributed by atoms with van der Waals surface area (Å²) in [5.74, 6) is -0.698. The Balaban J connectivity index is 1.91. The van der Waals surface area contributed by atoms with E-state index < -0.39 is 5.97 Å². The smallest absolute Gasteiger partial charge is 0.339 e. The van der Waals surface area contributed by atoms with E-state index in [1.807, 2.05) is 0 Å². The van der Waals surface area contributed by atoms with Crippen LogP contribution >= 0.6 is 11.6 Å². The molecule has 6 heteroatoms. The molecule has 19 heavy (non-hydrogen) atoms. The van der Waals surface area contributed by atoms with E-state index in [-0.39, 0.29) is 16.8 Å². The molecule has 1 saturated heterocycles. The van der Waals surface area contributed by atoms with Gasteiger partial charge in [-0.3, -0.25) is 0 Å². The summed E-state index contributed by atoms with van der Waals surface area (Å²) in [5.41, 5.74) is 0.133. The van der Waals surface area contributed by atoms with Gasteiger partial charge in [0.15, 0.2) is 0 Å². The van der Waals surface area contributed by atoms with Crippen LogP contribution in [0.2, 0.25) is 5.15 Å². The predicted molar refractivity (Wildman–Crippen MR) is 72.9 cm³/mol. The molecule has 1 aliphatic rings. The fraction of sp³-hybridized carbons (Fsp3) is 0.538. The van der Waals surface area contributed by atoms with E-state index in [4.69, 9.17) is 21.4 Å². The first-order chi connectivity index (χ1) is 9.16. The van der Waals surface area contributed by atoms with Crippen LogP contribution in [0.15, 0.2) is 12.1 Å². The van der Waals surface area contributed by atoms with E-state index in [2.05, 4.69) is 10.3 Å². The molecule has 0 aromatic carbocycles. The Labute approximate surface area is 116 Å². The largest absolute Gasteiger partial charge is 0.478 e. The molecule has 0 bridgehead atoms. The zero-order valence-corrected chi connectivity index (χ0v) is 11.3. The Hall–Kier alpha value is -1.33. The lowest BCUT2D eigenvalue weighted by molar-refractivity contribution is 0.0134. The van der Waals surface area contributed by atoms with Crippen molar-refractivity contribution in [3.8, 4) is 0 Å². The van der Waals surface area contributed by atoms with E-state index in [9.17, 15) is 4.79 Å². The molecule has 104 valence electrons. The van der Waals surface area contributed by atoms with Gasteiger partial charge in [0.1, 0.15) is 16.5 Å². The third-order valence-electron chi connectivity index (χ3n) is 3.12. The first-order valence-corrected chi connectivity index (χ1v) is 6.80. The molecule has 1 atom stereocenters. The van der Waals surface area contributed by atoms with E-state index in [0.717, 1.165) is 25.9 Å². The molecule has 1 aromatic rings. The molecule has 1 aliphatic heterocycles. The molecule has 0 amide bonds. The van der Waals surface area contributed by atoms with Crippen LogP contribution in [0.1, 0.15) is 36.0 Å². The number of aromatic carboxylic acids is 1. The lowest BCUT2D eigenvalue weighted by Crippen LogP contribution is -2.22. The van der Waals surface area contributed by atoms with Crippen molar-refractivity contribution in [1.82, 2.24) is 4.98 Å². The van der Waals surface area contributed by atoms with Gasteiger partial charge in [-0.2, -0.15) is 0 Å². The summed E-state index contributed by atoms with van der Waals surface area (Å²) < 4.78 is 5.61. The molecular formula is C13H17ClN2O3. The van der Waals surface area contributed by atoms with Crippen LogP contribution in [-0.2, 0) is 4.74 Å². The van der Waals surface area contributed by atoms with E-state index in [1.165, 1.54) is 18.6 Å². The number of nitrogens with one attached hydrogen (secondary N) is 1. The number of halogens is 1. The molecule has 5 nitrogen and oxygen atoms in total. The molecule has 1 fully saturated rings. The summed E-state index contributed by atoms with van der Waals surface area (Å²) in [6.45, 7) is 1.44. The SMILES string of the molecule is O=C(O)c1ccc(Cl)nc1NCCC1CCCCO1. The molecular weight excluding hydrogens is 268 g/mol. The molecule has 0 aliphatic carbocycles. The average molecular weight is 285 g/mol. The maximum atomic E-state index is 11.1. The summed E-state index contributed by atoms with van der Waals surface area (Å²) in [4.78, 5) is 15.1. The highest BCUT2D eigenvalue weighted by atomic mass is 35.5. The summed E-state index contributed by atoms with van der Waals surface area (Å²) in [6, 6.07) is 2.93. The summed E-state index contributed by atoms with van der Waals surface area (Å²) >= 11 is 5.78. The Morgan fingerprint density at radius 3 is 3.05 bits per heavy atom. The maximum Gasteiger partial charge on any atom is 0.339 e. The van der Waals surface area contributed by atoms with Crippen molar-refractivity contribution in [2.75, 3.05) is 18.5 Å². The normalized spacial score (nSPS) is 19.1. The summed E-state index contributed by atoms with van der Waals surface area (Å²) in [6.07, 6.45) is 4.49. The standard InChI is InChI=1S/C13H17ClN2O3/c14-11-5-4-10(13(17)18)12(16-11)15-7-6-9-3-1-2-8-19-9/h4-5,9H,1-3,6-8H2,(H,15,16)(H,17,18). The number of hydrogen-bond acceptors (Lipinski definition) is 4. The topological polar surface area (TPSA) is 71.5 Å². The van der Waals surface area contributed by atoms with E-state index in [0.29, 0.717) is 12.4 Å².